The van der Waals surface area contributed by atoms with E-state index >= 15 is 0 Å². The Kier molecular flexibility index (Phi) is 3.75. The highest BCUT2D eigenvalue weighted by Crippen LogP contribution is 2.37. The summed E-state index contributed by atoms with van der Waals surface area (Å²) in [5.41, 5.74) is 4.86. The third kappa shape index (κ3) is 2.57. The van der Waals surface area contributed by atoms with Crippen LogP contribution in [0, 0.1) is 0 Å². The fourth-order valence-electron chi connectivity index (χ4n) is 3.76. The number of ether oxygens (including phenoxy) is 2. The Bertz CT molecular complexity index is 378. The molecule has 114 valence electrons. The van der Waals surface area contributed by atoms with E-state index in [1.54, 1.807) is 0 Å². The van der Waals surface area contributed by atoms with Crippen LogP contribution in [0.3, 0.4) is 0 Å². The molecular formula is C14H24N2O4. The summed E-state index contributed by atoms with van der Waals surface area (Å²) in [4.78, 5) is 13.5. The van der Waals surface area contributed by atoms with Crippen molar-refractivity contribution in [3.05, 3.63) is 0 Å². The molecule has 0 bridgehead atoms. The molecule has 6 nitrogen and oxygen atoms in total. The largest absolute Gasteiger partial charge is 0.480 e. The van der Waals surface area contributed by atoms with Crippen molar-refractivity contribution in [3.63, 3.8) is 0 Å². The molecule has 0 aromatic carbocycles. The molecule has 3 aliphatic rings. The number of carboxylic acids is 1. The third-order valence-electron chi connectivity index (χ3n) is 5.14. The zero-order chi connectivity index (χ0) is 14.2. The highest BCUT2D eigenvalue weighted by atomic mass is 16.5. The Morgan fingerprint density at radius 3 is 2.65 bits per heavy atom. The number of nitrogens with zero attached hydrogens (tertiary/aromatic N) is 1. The first kappa shape index (κ1) is 14.3. The lowest BCUT2D eigenvalue weighted by Gasteiger charge is -2.45. The fraction of sp³-hybridized carbons (Fsp3) is 0.929. The van der Waals surface area contributed by atoms with Crippen LogP contribution in [0.25, 0.3) is 0 Å². The number of nitrogens with two attached hydrogens (primary N) is 1. The maximum atomic E-state index is 11.3. The molecule has 3 fully saturated rings. The Morgan fingerprint density at radius 2 is 2.00 bits per heavy atom. The van der Waals surface area contributed by atoms with E-state index in [-0.39, 0.29) is 5.60 Å². The minimum absolute atomic E-state index is 0.0514. The molecule has 0 radical (unpaired) electrons. The van der Waals surface area contributed by atoms with Crippen molar-refractivity contribution in [2.45, 2.75) is 49.3 Å². The van der Waals surface area contributed by atoms with Crippen LogP contribution >= 0.6 is 0 Å². The van der Waals surface area contributed by atoms with Crippen molar-refractivity contribution in [2.24, 2.45) is 5.73 Å². The highest BCUT2D eigenvalue weighted by molar-refractivity contribution is 5.79. The predicted octanol–water partition coefficient (Wildman–Crippen LogP) is 0.202. The molecule has 6 heteroatoms. The van der Waals surface area contributed by atoms with Crippen LogP contribution < -0.4 is 5.73 Å². The molecule has 0 aromatic rings. The van der Waals surface area contributed by atoms with E-state index in [2.05, 4.69) is 4.90 Å². The monoisotopic (exact) mass is 284 g/mol. The summed E-state index contributed by atoms with van der Waals surface area (Å²) < 4.78 is 11.5. The minimum Gasteiger partial charge on any atom is -0.480 e. The summed E-state index contributed by atoms with van der Waals surface area (Å²) in [6, 6.07) is 0.395. The lowest BCUT2D eigenvalue weighted by atomic mass is 9.83. The molecule has 0 aromatic heterocycles. The van der Waals surface area contributed by atoms with Gasteiger partial charge in [0.05, 0.1) is 5.60 Å². The molecule has 3 aliphatic heterocycles. The summed E-state index contributed by atoms with van der Waals surface area (Å²) in [5, 5.41) is 9.24. The Hall–Kier alpha value is -0.690. The normalized spacial score (nSPS) is 38.1. The topological polar surface area (TPSA) is 85.0 Å². The lowest BCUT2D eigenvalue weighted by molar-refractivity contribution is -0.151. The van der Waals surface area contributed by atoms with Crippen LogP contribution in [0.15, 0.2) is 0 Å². The van der Waals surface area contributed by atoms with Crippen molar-refractivity contribution in [1.29, 1.82) is 0 Å². The third-order valence-corrected chi connectivity index (χ3v) is 5.14. The maximum Gasteiger partial charge on any atom is 0.325 e. The molecule has 3 N–H and O–H groups in total. The van der Waals surface area contributed by atoms with Crippen LogP contribution in [0.4, 0.5) is 0 Å². The molecule has 2 atom stereocenters. The summed E-state index contributed by atoms with van der Waals surface area (Å²) in [6.45, 7) is 3.52. The average Bonchev–Trinajstić information content (AvgIpc) is 2.84. The van der Waals surface area contributed by atoms with Gasteiger partial charge in [0.15, 0.2) is 0 Å². The van der Waals surface area contributed by atoms with E-state index < -0.39 is 11.5 Å². The predicted molar refractivity (Wildman–Crippen MR) is 72.5 cm³/mol. The summed E-state index contributed by atoms with van der Waals surface area (Å²) in [5.74, 6) is -0.882. The van der Waals surface area contributed by atoms with Gasteiger partial charge in [-0.05, 0) is 32.1 Å². The second kappa shape index (κ2) is 5.26. The standard InChI is InChI=1S/C14H24N2O4/c15-14(12(17)18)2-5-16(10-14)11-1-6-20-13(9-11)3-7-19-8-4-13/h11H,1-10,15H2,(H,17,18). The Morgan fingerprint density at radius 1 is 1.25 bits per heavy atom. The van der Waals surface area contributed by atoms with Gasteiger partial charge in [0.25, 0.3) is 0 Å². The van der Waals surface area contributed by atoms with Crippen molar-refractivity contribution in [2.75, 3.05) is 32.9 Å². The van der Waals surface area contributed by atoms with Crippen molar-refractivity contribution in [1.82, 2.24) is 4.90 Å². The lowest BCUT2D eigenvalue weighted by Crippen LogP contribution is -2.54. The molecule has 3 heterocycles. The molecule has 0 amide bonds. The van der Waals surface area contributed by atoms with Crippen molar-refractivity contribution < 1.29 is 19.4 Å². The van der Waals surface area contributed by atoms with Gasteiger partial charge in [0, 0.05) is 39.0 Å². The van der Waals surface area contributed by atoms with E-state index in [4.69, 9.17) is 15.2 Å². The SMILES string of the molecule is NC1(C(=O)O)CCN(C2CCOC3(CCOCC3)C2)C1. The Labute approximate surface area is 119 Å². The first-order valence-corrected chi connectivity index (χ1v) is 7.51. The van der Waals surface area contributed by atoms with E-state index in [0.29, 0.717) is 19.0 Å². The maximum absolute atomic E-state index is 11.3. The minimum atomic E-state index is -1.07. The summed E-state index contributed by atoms with van der Waals surface area (Å²) >= 11 is 0. The number of aliphatic carboxylic acids is 1. The molecular weight excluding hydrogens is 260 g/mol. The number of hydrogen-bond donors (Lipinski definition) is 2. The van der Waals surface area contributed by atoms with Gasteiger partial charge in [0.2, 0.25) is 0 Å². The highest BCUT2D eigenvalue weighted by Gasteiger charge is 2.46. The zero-order valence-corrected chi connectivity index (χ0v) is 11.8. The summed E-state index contributed by atoms with van der Waals surface area (Å²) in [7, 11) is 0. The second-order valence-corrected chi connectivity index (χ2v) is 6.47. The van der Waals surface area contributed by atoms with Gasteiger partial charge in [0.1, 0.15) is 5.54 Å². The van der Waals surface area contributed by atoms with E-state index in [0.717, 1.165) is 52.0 Å². The second-order valence-electron chi connectivity index (χ2n) is 6.47. The van der Waals surface area contributed by atoms with Gasteiger partial charge >= 0.3 is 5.97 Å². The van der Waals surface area contributed by atoms with Crippen molar-refractivity contribution in [3.8, 4) is 0 Å². The zero-order valence-electron chi connectivity index (χ0n) is 11.8. The average molecular weight is 284 g/mol. The van der Waals surface area contributed by atoms with Crippen LogP contribution in [0.1, 0.15) is 32.1 Å². The van der Waals surface area contributed by atoms with Gasteiger partial charge in [-0.3, -0.25) is 9.69 Å². The van der Waals surface area contributed by atoms with Gasteiger partial charge in [-0.1, -0.05) is 0 Å². The summed E-state index contributed by atoms with van der Waals surface area (Å²) in [6.07, 6.45) is 4.38. The first-order chi connectivity index (χ1) is 9.53. The molecule has 3 rings (SSSR count). The molecule has 1 spiro atoms. The number of rotatable bonds is 2. The molecule has 3 saturated heterocycles. The molecule has 0 aliphatic carbocycles. The van der Waals surface area contributed by atoms with Crippen LogP contribution in [-0.2, 0) is 14.3 Å². The van der Waals surface area contributed by atoms with Gasteiger partial charge in [-0.25, -0.2) is 0 Å². The van der Waals surface area contributed by atoms with Gasteiger partial charge < -0.3 is 20.3 Å². The van der Waals surface area contributed by atoms with Crippen LogP contribution in [-0.4, -0.2) is 66.1 Å². The van der Waals surface area contributed by atoms with Crippen LogP contribution in [0.5, 0.6) is 0 Å². The smallest absolute Gasteiger partial charge is 0.325 e. The number of hydrogen-bond acceptors (Lipinski definition) is 5. The van der Waals surface area contributed by atoms with E-state index in [9.17, 15) is 9.90 Å². The van der Waals surface area contributed by atoms with Crippen molar-refractivity contribution >= 4 is 5.97 Å². The van der Waals surface area contributed by atoms with Crippen LogP contribution in [0.2, 0.25) is 0 Å². The van der Waals surface area contributed by atoms with E-state index in [1.807, 2.05) is 0 Å². The van der Waals surface area contributed by atoms with E-state index in [1.165, 1.54) is 0 Å². The quantitative estimate of drug-likeness (QED) is 0.753. The first-order valence-electron chi connectivity index (χ1n) is 7.51. The van der Waals surface area contributed by atoms with Gasteiger partial charge in [-0.15, -0.1) is 0 Å². The van der Waals surface area contributed by atoms with Gasteiger partial charge in [-0.2, -0.15) is 0 Å². The molecule has 2 unspecified atom stereocenters. The molecule has 0 saturated carbocycles. The number of carboxylic acid groups (broad SMARTS) is 1. The fourth-order valence-corrected chi connectivity index (χ4v) is 3.76. The number of likely N-dealkylation sites (tertiary alicyclic amines) is 1. The Balaban J connectivity index is 1.64. The molecule has 20 heavy (non-hydrogen) atoms. The number of carbonyl (C=O) groups is 1.